The zero-order valence-electron chi connectivity index (χ0n) is 12.2. The zero-order valence-corrected chi connectivity index (χ0v) is 14.6. The molecule has 1 fully saturated rings. The van der Waals surface area contributed by atoms with E-state index in [1.807, 2.05) is 12.1 Å². The lowest BCUT2D eigenvalue weighted by Gasteiger charge is -2.30. The molecule has 0 heterocycles. The predicted molar refractivity (Wildman–Crippen MR) is 90.0 cm³/mol. The SMILES string of the molecule is CCCC1CCC(Nc2cc(Cl)cc(Br)c2OC)CC1. The molecule has 2 rings (SSSR count). The standard InChI is InChI=1S/C16H23BrClNO/c1-3-4-11-5-7-13(8-6-11)19-15-10-12(18)9-14(17)16(15)20-2/h9-11,13,19H,3-8H2,1-2H3. The fourth-order valence-corrected chi connectivity index (χ4v) is 4.07. The first-order chi connectivity index (χ1) is 9.63. The van der Waals surface area contributed by atoms with Gasteiger partial charge in [-0.1, -0.05) is 31.4 Å². The van der Waals surface area contributed by atoms with Gasteiger partial charge in [0.2, 0.25) is 0 Å². The molecule has 0 aliphatic heterocycles. The molecule has 0 spiro atoms. The van der Waals surface area contributed by atoms with Crippen molar-refractivity contribution in [1.29, 1.82) is 0 Å². The first-order valence-corrected chi connectivity index (χ1v) is 8.60. The number of anilines is 1. The Labute approximate surface area is 135 Å². The van der Waals surface area contributed by atoms with E-state index >= 15 is 0 Å². The van der Waals surface area contributed by atoms with Crippen LogP contribution in [-0.4, -0.2) is 13.2 Å². The van der Waals surface area contributed by atoms with Crippen LogP contribution in [0.3, 0.4) is 0 Å². The van der Waals surface area contributed by atoms with Crippen LogP contribution in [-0.2, 0) is 0 Å². The van der Waals surface area contributed by atoms with Crippen LogP contribution in [0, 0.1) is 5.92 Å². The van der Waals surface area contributed by atoms with Gasteiger partial charge in [-0.3, -0.25) is 0 Å². The summed E-state index contributed by atoms with van der Waals surface area (Å²) in [7, 11) is 1.69. The Morgan fingerprint density at radius 1 is 1.30 bits per heavy atom. The lowest BCUT2D eigenvalue weighted by Crippen LogP contribution is -2.26. The number of benzene rings is 1. The summed E-state index contributed by atoms with van der Waals surface area (Å²) < 4.78 is 6.36. The molecule has 1 aromatic carbocycles. The quantitative estimate of drug-likeness (QED) is 0.707. The van der Waals surface area contributed by atoms with Gasteiger partial charge in [-0.2, -0.15) is 0 Å². The first kappa shape index (κ1) is 16.0. The molecule has 0 bridgehead atoms. The van der Waals surface area contributed by atoms with Gasteiger partial charge in [0.15, 0.2) is 5.75 Å². The predicted octanol–water partition coefficient (Wildman–Crippen LogP) is 5.88. The third kappa shape index (κ3) is 4.05. The fourth-order valence-electron chi connectivity index (χ4n) is 3.10. The molecule has 1 aliphatic rings. The van der Waals surface area contributed by atoms with Gasteiger partial charge in [0, 0.05) is 11.1 Å². The van der Waals surface area contributed by atoms with Gasteiger partial charge in [0.25, 0.3) is 0 Å². The molecule has 1 aliphatic carbocycles. The maximum absolute atomic E-state index is 6.14. The minimum atomic E-state index is 0.530. The van der Waals surface area contributed by atoms with Crippen molar-refractivity contribution in [2.45, 2.75) is 51.5 Å². The zero-order chi connectivity index (χ0) is 14.5. The topological polar surface area (TPSA) is 21.3 Å². The normalized spacial score (nSPS) is 22.6. The summed E-state index contributed by atoms with van der Waals surface area (Å²) in [6, 6.07) is 4.34. The van der Waals surface area contributed by atoms with Crippen LogP contribution in [0.2, 0.25) is 5.02 Å². The van der Waals surface area contributed by atoms with E-state index in [-0.39, 0.29) is 0 Å². The van der Waals surface area contributed by atoms with Crippen LogP contribution < -0.4 is 10.1 Å². The second-order valence-electron chi connectivity index (χ2n) is 5.62. The molecule has 1 N–H and O–H groups in total. The van der Waals surface area contributed by atoms with Crippen molar-refractivity contribution in [3.63, 3.8) is 0 Å². The van der Waals surface area contributed by atoms with Crippen molar-refractivity contribution in [2.75, 3.05) is 12.4 Å². The van der Waals surface area contributed by atoms with Crippen LogP contribution in [0.1, 0.15) is 45.4 Å². The van der Waals surface area contributed by atoms with E-state index < -0.39 is 0 Å². The Balaban J connectivity index is 2.01. The van der Waals surface area contributed by atoms with Crippen LogP contribution in [0.25, 0.3) is 0 Å². The van der Waals surface area contributed by atoms with Gasteiger partial charge in [-0.05, 0) is 59.7 Å². The lowest BCUT2D eigenvalue weighted by molar-refractivity contribution is 0.318. The molecule has 1 saturated carbocycles. The van der Waals surface area contributed by atoms with E-state index in [1.165, 1.54) is 38.5 Å². The van der Waals surface area contributed by atoms with E-state index in [4.69, 9.17) is 16.3 Å². The van der Waals surface area contributed by atoms with Crippen molar-refractivity contribution in [3.05, 3.63) is 21.6 Å². The molecule has 112 valence electrons. The Morgan fingerprint density at radius 3 is 2.60 bits per heavy atom. The summed E-state index contributed by atoms with van der Waals surface area (Å²) in [6.45, 7) is 2.28. The van der Waals surface area contributed by atoms with Gasteiger partial charge in [-0.25, -0.2) is 0 Å². The summed E-state index contributed by atoms with van der Waals surface area (Å²) in [5.41, 5.74) is 0.991. The summed E-state index contributed by atoms with van der Waals surface area (Å²) >= 11 is 9.64. The molecule has 0 amide bonds. The molecule has 0 unspecified atom stereocenters. The minimum Gasteiger partial charge on any atom is -0.493 e. The molecule has 0 aromatic heterocycles. The lowest BCUT2D eigenvalue weighted by atomic mass is 9.83. The number of hydrogen-bond acceptors (Lipinski definition) is 2. The average molecular weight is 361 g/mol. The van der Waals surface area contributed by atoms with E-state index in [9.17, 15) is 0 Å². The monoisotopic (exact) mass is 359 g/mol. The third-order valence-corrected chi connectivity index (χ3v) is 4.92. The highest BCUT2D eigenvalue weighted by Crippen LogP contribution is 2.38. The van der Waals surface area contributed by atoms with Gasteiger partial charge < -0.3 is 10.1 Å². The largest absolute Gasteiger partial charge is 0.493 e. The van der Waals surface area contributed by atoms with Gasteiger partial charge in [0.1, 0.15) is 0 Å². The number of rotatable bonds is 5. The van der Waals surface area contributed by atoms with Crippen molar-refractivity contribution in [1.82, 2.24) is 0 Å². The summed E-state index contributed by atoms with van der Waals surface area (Å²) in [5, 5.41) is 4.33. The molecular formula is C16H23BrClNO. The molecule has 0 atom stereocenters. The summed E-state index contributed by atoms with van der Waals surface area (Å²) in [5.74, 6) is 1.76. The van der Waals surface area contributed by atoms with Crippen LogP contribution in [0.4, 0.5) is 5.69 Å². The van der Waals surface area contributed by atoms with E-state index in [1.54, 1.807) is 7.11 Å². The Kier molecular flexibility index (Phi) is 6.03. The van der Waals surface area contributed by atoms with Gasteiger partial charge >= 0.3 is 0 Å². The number of ether oxygens (including phenoxy) is 1. The van der Waals surface area contributed by atoms with Crippen molar-refractivity contribution < 1.29 is 4.74 Å². The summed E-state index contributed by atoms with van der Waals surface area (Å²) in [4.78, 5) is 0. The molecule has 1 aromatic rings. The number of hydrogen-bond donors (Lipinski definition) is 1. The van der Waals surface area contributed by atoms with Crippen LogP contribution in [0.15, 0.2) is 16.6 Å². The molecule has 4 heteroatoms. The Bertz CT molecular complexity index is 444. The van der Waals surface area contributed by atoms with E-state index in [0.717, 1.165) is 26.9 Å². The van der Waals surface area contributed by atoms with E-state index in [2.05, 4.69) is 28.2 Å². The molecule has 20 heavy (non-hydrogen) atoms. The minimum absolute atomic E-state index is 0.530. The van der Waals surface area contributed by atoms with Crippen molar-refractivity contribution >= 4 is 33.2 Å². The van der Waals surface area contributed by atoms with E-state index in [0.29, 0.717) is 6.04 Å². The second kappa shape index (κ2) is 7.56. The van der Waals surface area contributed by atoms with Crippen LogP contribution in [0.5, 0.6) is 5.75 Å². The number of methoxy groups -OCH3 is 1. The molecular weight excluding hydrogens is 338 g/mol. The Morgan fingerprint density at radius 2 is 2.00 bits per heavy atom. The highest BCUT2D eigenvalue weighted by atomic mass is 79.9. The van der Waals surface area contributed by atoms with Crippen LogP contribution >= 0.6 is 27.5 Å². The second-order valence-corrected chi connectivity index (χ2v) is 6.91. The average Bonchev–Trinajstić information content (AvgIpc) is 2.41. The molecule has 2 nitrogen and oxygen atoms in total. The summed E-state index contributed by atoms with van der Waals surface area (Å²) in [6.07, 6.45) is 7.80. The highest BCUT2D eigenvalue weighted by Gasteiger charge is 2.21. The number of halogens is 2. The van der Waals surface area contributed by atoms with Gasteiger partial charge in [-0.15, -0.1) is 0 Å². The van der Waals surface area contributed by atoms with Crippen molar-refractivity contribution in [2.24, 2.45) is 5.92 Å². The van der Waals surface area contributed by atoms with Gasteiger partial charge in [0.05, 0.1) is 17.3 Å². The molecule has 0 radical (unpaired) electrons. The fraction of sp³-hybridized carbons (Fsp3) is 0.625. The third-order valence-electron chi connectivity index (χ3n) is 4.12. The highest BCUT2D eigenvalue weighted by molar-refractivity contribution is 9.10. The number of nitrogens with one attached hydrogen (secondary N) is 1. The maximum atomic E-state index is 6.14. The Hall–Kier alpha value is -0.410. The smallest absolute Gasteiger partial charge is 0.156 e. The molecule has 0 saturated heterocycles. The maximum Gasteiger partial charge on any atom is 0.156 e. The first-order valence-electron chi connectivity index (χ1n) is 7.43. The van der Waals surface area contributed by atoms with Crippen molar-refractivity contribution in [3.8, 4) is 5.75 Å².